The van der Waals surface area contributed by atoms with Crippen molar-refractivity contribution in [3.05, 3.63) is 53.5 Å². The van der Waals surface area contributed by atoms with Gasteiger partial charge in [0.15, 0.2) is 0 Å². The van der Waals surface area contributed by atoms with Gasteiger partial charge in [0, 0.05) is 31.1 Å². The minimum absolute atomic E-state index is 0.0160. The van der Waals surface area contributed by atoms with Gasteiger partial charge in [0.25, 0.3) is 0 Å². The van der Waals surface area contributed by atoms with Gasteiger partial charge in [-0.2, -0.15) is 0 Å². The minimum atomic E-state index is -0.159. The van der Waals surface area contributed by atoms with Crippen molar-refractivity contribution in [2.45, 2.75) is 40.0 Å². The number of benzene rings is 2. The van der Waals surface area contributed by atoms with Gasteiger partial charge in [0.2, 0.25) is 11.8 Å². The summed E-state index contributed by atoms with van der Waals surface area (Å²) in [7, 11) is 0. The standard InChI is InChI=1S/C22H25N3O2S/c1-4-22(3,14-21-25-18-7-5-6-8-19(18)28-21)13-20(27)24-17-11-9-16(10-12-17)23-15(2)26/h5-12H,4,13-14H2,1-3H3,(H,23,26)(H,24,27)/t22-/m1/s1. The minimum Gasteiger partial charge on any atom is -0.326 e. The first-order valence-corrected chi connectivity index (χ1v) is 10.2. The van der Waals surface area contributed by atoms with Crippen molar-refractivity contribution in [2.24, 2.45) is 5.41 Å². The maximum absolute atomic E-state index is 12.6. The number of carbonyl (C=O) groups excluding carboxylic acids is 2. The summed E-state index contributed by atoms with van der Waals surface area (Å²) >= 11 is 1.70. The van der Waals surface area contributed by atoms with Crippen LogP contribution < -0.4 is 10.6 Å². The van der Waals surface area contributed by atoms with Gasteiger partial charge in [0.05, 0.1) is 15.2 Å². The summed E-state index contributed by atoms with van der Waals surface area (Å²) in [4.78, 5) is 28.4. The van der Waals surface area contributed by atoms with E-state index in [2.05, 4.69) is 30.5 Å². The number of rotatable bonds is 7. The van der Waals surface area contributed by atoms with Crippen molar-refractivity contribution < 1.29 is 9.59 Å². The van der Waals surface area contributed by atoms with E-state index in [1.54, 1.807) is 35.6 Å². The van der Waals surface area contributed by atoms with E-state index in [9.17, 15) is 9.59 Å². The van der Waals surface area contributed by atoms with Gasteiger partial charge in [-0.3, -0.25) is 9.59 Å². The molecular formula is C22H25N3O2S. The molecule has 0 spiro atoms. The third kappa shape index (κ3) is 5.16. The van der Waals surface area contributed by atoms with Gasteiger partial charge in [-0.05, 0) is 48.2 Å². The van der Waals surface area contributed by atoms with E-state index in [-0.39, 0.29) is 17.2 Å². The van der Waals surface area contributed by atoms with E-state index < -0.39 is 0 Å². The van der Waals surface area contributed by atoms with Crippen molar-refractivity contribution in [3.8, 4) is 0 Å². The van der Waals surface area contributed by atoms with Crippen LogP contribution in [-0.4, -0.2) is 16.8 Å². The summed E-state index contributed by atoms with van der Waals surface area (Å²) in [6.07, 6.45) is 2.09. The summed E-state index contributed by atoms with van der Waals surface area (Å²) in [5.41, 5.74) is 2.29. The zero-order valence-electron chi connectivity index (χ0n) is 16.4. The van der Waals surface area contributed by atoms with E-state index in [0.29, 0.717) is 12.1 Å². The quantitative estimate of drug-likeness (QED) is 0.574. The second-order valence-electron chi connectivity index (χ2n) is 7.40. The maximum Gasteiger partial charge on any atom is 0.224 e. The number of thiazole rings is 1. The third-order valence-corrected chi connectivity index (χ3v) is 5.88. The summed E-state index contributed by atoms with van der Waals surface area (Å²) in [6, 6.07) is 15.3. The molecule has 0 saturated heterocycles. The number of fused-ring (bicyclic) bond motifs is 1. The van der Waals surface area contributed by atoms with Crippen LogP contribution in [0.1, 0.15) is 38.6 Å². The van der Waals surface area contributed by atoms with Gasteiger partial charge in [-0.15, -0.1) is 11.3 Å². The number of nitrogens with one attached hydrogen (secondary N) is 2. The lowest BCUT2D eigenvalue weighted by atomic mass is 9.80. The monoisotopic (exact) mass is 395 g/mol. The molecule has 5 nitrogen and oxygen atoms in total. The molecule has 0 aliphatic carbocycles. The Morgan fingerprint density at radius 2 is 1.68 bits per heavy atom. The van der Waals surface area contributed by atoms with Gasteiger partial charge in [0.1, 0.15) is 0 Å². The molecule has 3 rings (SSSR count). The van der Waals surface area contributed by atoms with Crippen LogP contribution in [0.4, 0.5) is 11.4 Å². The molecule has 1 atom stereocenters. The second kappa shape index (κ2) is 8.52. The molecule has 1 aromatic heterocycles. The molecule has 28 heavy (non-hydrogen) atoms. The molecule has 2 N–H and O–H groups in total. The maximum atomic E-state index is 12.6. The first-order chi connectivity index (χ1) is 13.4. The molecule has 3 aromatic rings. The Balaban J connectivity index is 1.63. The highest BCUT2D eigenvalue weighted by molar-refractivity contribution is 7.18. The van der Waals surface area contributed by atoms with Gasteiger partial charge >= 0.3 is 0 Å². The average molecular weight is 396 g/mol. The Morgan fingerprint density at radius 1 is 1.04 bits per heavy atom. The predicted octanol–water partition coefficient (Wildman–Crippen LogP) is 5.24. The van der Waals surface area contributed by atoms with Crippen LogP contribution in [0.3, 0.4) is 0 Å². The first kappa shape index (κ1) is 20.0. The molecule has 1 heterocycles. The molecule has 2 amide bonds. The average Bonchev–Trinajstić information content (AvgIpc) is 3.04. The summed E-state index contributed by atoms with van der Waals surface area (Å²) < 4.78 is 1.18. The van der Waals surface area contributed by atoms with Crippen LogP contribution in [0.15, 0.2) is 48.5 Å². The first-order valence-electron chi connectivity index (χ1n) is 9.39. The Labute approximate surface area is 169 Å². The lowest BCUT2D eigenvalue weighted by molar-refractivity contribution is -0.118. The van der Waals surface area contributed by atoms with Crippen LogP contribution in [0.5, 0.6) is 0 Å². The number of hydrogen-bond donors (Lipinski definition) is 2. The van der Waals surface area contributed by atoms with E-state index in [1.807, 2.05) is 18.2 Å². The summed E-state index contributed by atoms with van der Waals surface area (Å²) in [6.45, 7) is 5.72. The van der Waals surface area contributed by atoms with Gasteiger partial charge in [-0.1, -0.05) is 26.0 Å². The van der Waals surface area contributed by atoms with E-state index in [4.69, 9.17) is 4.98 Å². The molecule has 146 valence electrons. The summed E-state index contributed by atoms with van der Waals surface area (Å²) in [5, 5.41) is 6.74. The molecule has 0 fully saturated rings. The molecule has 0 radical (unpaired) electrons. The van der Waals surface area contributed by atoms with Crippen LogP contribution >= 0.6 is 11.3 Å². The number of aromatic nitrogens is 1. The number of carbonyl (C=O) groups is 2. The van der Waals surface area contributed by atoms with E-state index >= 15 is 0 Å². The van der Waals surface area contributed by atoms with Crippen molar-refractivity contribution in [1.29, 1.82) is 0 Å². The molecule has 0 bridgehead atoms. The fraction of sp³-hybridized carbons (Fsp3) is 0.318. The third-order valence-electron chi connectivity index (χ3n) is 4.85. The predicted molar refractivity (Wildman–Crippen MR) is 116 cm³/mol. The smallest absolute Gasteiger partial charge is 0.224 e. The Hall–Kier alpha value is -2.73. The van der Waals surface area contributed by atoms with Crippen LogP contribution in [0.25, 0.3) is 10.2 Å². The normalized spacial score (nSPS) is 13.1. The SMILES string of the molecule is CC[C@](C)(CC(=O)Nc1ccc(NC(C)=O)cc1)Cc1nc2ccccc2s1. The zero-order chi connectivity index (χ0) is 20.1. The highest BCUT2D eigenvalue weighted by Gasteiger charge is 2.27. The number of amides is 2. The molecule has 0 aliphatic rings. The lowest BCUT2D eigenvalue weighted by Crippen LogP contribution is -2.26. The highest BCUT2D eigenvalue weighted by Crippen LogP contribution is 2.34. The Kier molecular flexibility index (Phi) is 6.09. The molecule has 0 saturated carbocycles. The topological polar surface area (TPSA) is 71.1 Å². The van der Waals surface area contributed by atoms with Gasteiger partial charge < -0.3 is 10.6 Å². The fourth-order valence-corrected chi connectivity index (χ4v) is 4.29. The zero-order valence-corrected chi connectivity index (χ0v) is 17.2. The van der Waals surface area contributed by atoms with Crippen molar-refractivity contribution in [1.82, 2.24) is 4.98 Å². The molecule has 6 heteroatoms. The van der Waals surface area contributed by atoms with E-state index in [1.165, 1.54) is 11.6 Å². The summed E-state index contributed by atoms with van der Waals surface area (Å²) in [5.74, 6) is -0.136. The van der Waals surface area contributed by atoms with Gasteiger partial charge in [-0.25, -0.2) is 4.98 Å². The Morgan fingerprint density at radius 3 is 2.29 bits per heavy atom. The molecule has 0 unspecified atom stereocenters. The number of para-hydroxylation sites is 1. The lowest BCUT2D eigenvalue weighted by Gasteiger charge is -2.26. The van der Waals surface area contributed by atoms with Crippen LogP contribution in [0.2, 0.25) is 0 Å². The fourth-order valence-electron chi connectivity index (χ4n) is 3.11. The van der Waals surface area contributed by atoms with E-state index in [0.717, 1.165) is 29.1 Å². The molecular weight excluding hydrogens is 370 g/mol. The Bertz CT molecular complexity index is 948. The highest BCUT2D eigenvalue weighted by atomic mass is 32.1. The molecule has 2 aromatic carbocycles. The van der Waals surface area contributed by atoms with Crippen LogP contribution in [0, 0.1) is 5.41 Å². The molecule has 0 aliphatic heterocycles. The van der Waals surface area contributed by atoms with Crippen molar-refractivity contribution in [2.75, 3.05) is 10.6 Å². The largest absolute Gasteiger partial charge is 0.326 e. The number of nitrogens with zero attached hydrogens (tertiary/aromatic N) is 1. The van der Waals surface area contributed by atoms with Crippen molar-refractivity contribution in [3.63, 3.8) is 0 Å². The second-order valence-corrected chi connectivity index (χ2v) is 8.52. The van der Waals surface area contributed by atoms with Crippen molar-refractivity contribution >= 4 is 44.7 Å². The van der Waals surface area contributed by atoms with Crippen LogP contribution in [-0.2, 0) is 16.0 Å². The number of hydrogen-bond acceptors (Lipinski definition) is 4. The number of anilines is 2.